The molecule has 1 unspecified atom stereocenters. The average Bonchev–Trinajstić information content (AvgIpc) is 2.36. The van der Waals surface area contributed by atoms with Gasteiger partial charge in [-0.3, -0.25) is 0 Å². The fourth-order valence-electron chi connectivity index (χ4n) is 1.57. The Morgan fingerprint density at radius 2 is 1.94 bits per heavy atom. The molecule has 17 heavy (non-hydrogen) atoms. The second-order valence-corrected chi connectivity index (χ2v) is 5.31. The molecule has 1 aromatic carbocycles. The molecule has 1 rings (SSSR count). The lowest BCUT2D eigenvalue weighted by molar-refractivity contribution is 0.136. The Hall–Kier alpha value is -0.570. The van der Waals surface area contributed by atoms with E-state index in [2.05, 4.69) is 31.3 Å². The van der Waals surface area contributed by atoms with E-state index in [0.29, 0.717) is 0 Å². The number of aliphatic hydroxyl groups excluding tert-OH is 1. The van der Waals surface area contributed by atoms with Crippen LogP contribution in [-0.2, 0) is 6.42 Å². The van der Waals surface area contributed by atoms with Gasteiger partial charge in [-0.25, -0.2) is 0 Å². The summed E-state index contributed by atoms with van der Waals surface area (Å²) in [5.41, 5.74) is 1.28. The highest BCUT2D eigenvalue weighted by Gasteiger charge is 2.19. The summed E-state index contributed by atoms with van der Waals surface area (Å²) in [6.07, 6.45) is 1.97. The van der Waals surface area contributed by atoms with Crippen LogP contribution in [0.5, 0.6) is 0 Å². The normalized spacial score (nSPS) is 14.6. The van der Waals surface area contributed by atoms with E-state index in [1.807, 2.05) is 12.1 Å². The summed E-state index contributed by atoms with van der Waals surface area (Å²) in [5.74, 6) is 0. The monoisotopic (exact) mass is 255 g/mol. The quantitative estimate of drug-likeness (QED) is 0.735. The minimum atomic E-state index is -0.00000396. The summed E-state index contributed by atoms with van der Waals surface area (Å²) >= 11 is 5.83. The zero-order chi connectivity index (χ0) is 12.7. The van der Waals surface area contributed by atoms with Gasteiger partial charge in [0.05, 0.1) is 0 Å². The Kier molecular flexibility index (Phi) is 5.96. The van der Waals surface area contributed by atoms with Crippen molar-refractivity contribution in [3.8, 4) is 0 Å². The van der Waals surface area contributed by atoms with E-state index in [1.165, 1.54) is 5.56 Å². The molecule has 2 N–H and O–H groups in total. The van der Waals surface area contributed by atoms with Gasteiger partial charge in [0, 0.05) is 23.6 Å². The van der Waals surface area contributed by atoms with Crippen molar-refractivity contribution < 1.29 is 5.11 Å². The molecule has 2 nitrogen and oxygen atoms in total. The Bertz CT molecular complexity index is 319. The van der Waals surface area contributed by atoms with Gasteiger partial charge in [-0.2, -0.15) is 0 Å². The Morgan fingerprint density at radius 3 is 2.47 bits per heavy atom. The molecule has 1 aromatic rings. The highest BCUT2D eigenvalue weighted by atomic mass is 35.5. The van der Waals surface area contributed by atoms with Crippen LogP contribution in [0.15, 0.2) is 24.3 Å². The fraction of sp³-hybridized carbons (Fsp3) is 0.571. The predicted molar refractivity (Wildman–Crippen MR) is 73.5 cm³/mol. The molecule has 0 fully saturated rings. The number of aliphatic hydroxyl groups is 1. The Balaban J connectivity index is 2.26. The molecular weight excluding hydrogens is 234 g/mol. The zero-order valence-electron chi connectivity index (χ0n) is 10.7. The van der Waals surface area contributed by atoms with Crippen molar-refractivity contribution in [2.75, 3.05) is 19.7 Å². The molecule has 0 amide bonds. The molecule has 3 heteroatoms. The summed E-state index contributed by atoms with van der Waals surface area (Å²) in [7, 11) is 0. The van der Waals surface area contributed by atoms with Gasteiger partial charge in [-0.1, -0.05) is 37.6 Å². The van der Waals surface area contributed by atoms with E-state index in [4.69, 9.17) is 11.6 Å². The maximum absolute atomic E-state index is 9.28. The first-order valence-corrected chi connectivity index (χ1v) is 6.53. The second-order valence-electron chi connectivity index (χ2n) is 4.88. The molecule has 1 atom stereocenters. The number of rotatable bonds is 7. The first-order chi connectivity index (χ1) is 8.09. The maximum Gasteiger partial charge on any atom is 0.0496 e. The smallest absolute Gasteiger partial charge is 0.0496 e. The first-order valence-electron chi connectivity index (χ1n) is 6.16. The number of hydrogen-bond acceptors (Lipinski definition) is 2. The third kappa shape index (κ3) is 5.07. The Morgan fingerprint density at radius 1 is 1.29 bits per heavy atom. The van der Waals surface area contributed by atoms with Gasteiger partial charge in [0.2, 0.25) is 0 Å². The predicted octanol–water partition coefficient (Wildman–Crippen LogP) is 2.88. The standard InChI is InChI=1S/C14H22ClNO/c1-3-14(2,11-17)10-16-9-8-12-4-6-13(15)7-5-12/h4-7,16-17H,3,8-11H2,1-2H3. The van der Waals surface area contributed by atoms with Crippen molar-refractivity contribution >= 4 is 11.6 Å². The van der Waals surface area contributed by atoms with Gasteiger partial charge in [-0.05, 0) is 37.1 Å². The van der Waals surface area contributed by atoms with Crippen molar-refractivity contribution in [3.63, 3.8) is 0 Å². The molecule has 0 aliphatic carbocycles. The zero-order valence-corrected chi connectivity index (χ0v) is 11.4. The van der Waals surface area contributed by atoms with Crippen LogP contribution in [0.3, 0.4) is 0 Å². The fourth-order valence-corrected chi connectivity index (χ4v) is 1.69. The highest BCUT2D eigenvalue weighted by Crippen LogP contribution is 2.18. The van der Waals surface area contributed by atoms with Gasteiger partial charge >= 0.3 is 0 Å². The highest BCUT2D eigenvalue weighted by molar-refractivity contribution is 6.30. The van der Waals surface area contributed by atoms with Crippen LogP contribution in [0.1, 0.15) is 25.8 Å². The van der Waals surface area contributed by atoms with Gasteiger partial charge in [-0.15, -0.1) is 0 Å². The molecule has 0 saturated heterocycles. The van der Waals surface area contributed by atoms with Crippen molar-refractivity contribution in [2.45, 2.75) is 26.7 Å². The molecule has 0 spiro atoms. The summed E-state index contributed by atoms with van der Waals surface area (Å²) in [5, 5.41) is 13.5. The lowest BCUT2D eigenvalue weighted by Gasteiger charge is -2.25. The van der Waals surface area contributed by atoms with Crippen molar-refractivity contribution in [2.24, 2.45) is 5.41 Å². The van der Waals surface area contributed by atoms with E-state index in [0.717, 1.165) is 31.0 Å². The third-order valence-electron chi connectivity index (χ3n) is 3.29. The third-order valence-corrected chi connectivity index (χ3v) is 3.54. The van der Waals surface area contributed by atoms with Crippen LogP contribution in [0, 0.1) is 5.41 Å². The molecule has 0 aliphatic heterocycles. The lowest BCUT2D eigenvalue weighted by Crippen LogP contribution is -2.35. The molecule has 0 bridgehead atoms. The molecule has 0 radical (unpaired) electrons. The largest absolute Gasteiger partial charge is 0.396 e. The van der Waals surface area contributed by atoms with E-state index in [1.54, 1.807) is 0 Å². The van der Waals surface area contributed by atoms with Crippen LogP contribution >= 0.6 is 11.6 Å². The SMILES string of the molecule is CCC(C)(CO)CNCCc1ccc(Cl)cc1. The maximum atomic E-state index is 9.28. The van der Waals surface area contributed by atoms with Crippen molar-refractivity contribution in [3.05, 3.63) is 34.9 Å². The van der Waals surface area contributed by atoms with Gasteiger partial charge in [0.25, 0.3) is 0 Å². The first kappa shape index (κ1) is 14.5. The summed E-state index contributed by atoms with van der Waals surface area (Å²) < 4.78 is 0. The lowest BCUT2D eigenvalue weighted by atomic mass is 9.88. The van der Waals surface area contributed by atoms with Crippen molar-refractivity contribution in [1.82, 2.24) is 5.32 Å². The molecule has 96 valence electrons. The van der Waals surface area contributed by atoms with E-state index < -0.39 is 0 Å². The molecule has 0 saturated carbocycles. The summed E-state index contributed by atoms with van der Waals surface area (Å²) in [6, 6.07) is 7.94. The van der Waals surface area contributed by atoms with E-state index >= 15 is 0 Å². The molecule has 0 aromatic heterocycles. The number of benzene rings is 1. The van der Waals surface area contributed by atoms with Crippen LogP contribution < -0.4 is 5.32 Å². The number of nitrogens with one attached hydrogen (secondary N) is 1. The van der Waals surface area contributed by atoms with Gasteiger partial charge in [0.15, 0.2) is 0 Å². The summed E-state index contributed by atoms with van der Waals surface area (Å²) in [6.45, 7) is 6.22. The van der Waals surface area contributed by atoms with Crippen LogP contribution in [0.2, 0.25) is 5.02 Å². The van der Waals surface area contributed by atoms with E-state index in [9.17, 15) is 5.11 Å². The van der Waals surface area contributed by atoms with E-state index in [-0.39, 0.29) is 12.0 Å². The van der Waals surface area contributed by atoms with Crippen LogP contribution in [0.4, 0.5) is 0 Å². The van der Waals surface area contributed by atoms with Crippen LogP contribution in [-0.4, -0.2) is 24.8 Å². The molecular formula is C14H22ClNO. The second kappa shape index (κ2) is 7.00. The van der Waals surface area contributed by atoms with Gasteiger partial charge < -0.3 is 10.4 Å². The molecule has 0 aliphatic rings. The minimum absolute atomic E-state index is 0.00000396. The van der Waals surface area contributed by atoms with Crippen molar-refractivity contribution in [1.29, 1.82) is 0 Å². The Labute approximate surface area is 109 Å². The average molecular weight is 256 g/mol. The number of hydrogen-bond donors (Lipinski definition) is 2. The van der Waals surface area contributed by atoms with Gasteiger partial charge in [0.1, 0.15) is 0 Å². The topological polar surface area (TPSA) is 32.3 Å². The number of halogens is 1. The summed E-state index contributed by atoms with van der Waals surface area (Å²) in [4.78, 5) is 0. The van der Waals surface area contributed by atoms with Crippen LogP contribution in [0.25, 0.3) is 0 Å². The molecule has 0 heterocycles. The minimum Gasteiger partial charge on any atom is -0.396 e.